The van der Waals surface area contributed by atoms with Crippen LogP contribution in [0.4, 0.5) is 0 Å². The molecule has 0 fully saturated rings. The van der Waals surface area contributed by atoms with Crippen molar-refractivity contribution in [3.05, 3.63) is 28.2 Å². The van der Waals surface area contributed by atoms with Gasteiger partial charge in [-0.05, 0) is 13.0 Å². The van der Waals surface area contributed by atoms with E-state index >= 15 is 0 Å². The summed E-state index contributed by atoms with van der Waals surface area (Å²) in [6.45, 7) is 1.17. The number of rotatable bonds is 2. The molecule has 0 aromatic carbocycles. The Balaban J connectivity index is 3.06. The molecule has 0 aliphatic heterocycles. The van der Waals surface area contributed by atoms with Crippen LogP contribution in [-0.2, 0) is 11.3 Å². The minimum absolute atomic E-state index is 0.440. The lowest BCUT2D eigenvalue weighted by Crippen LogP contribution is -2.34. The van der Waals surface area contributed by atoms with Gasteiger partial charge in [0.1, 0.15) is 0 Å². The molecule has 0 aliphatic rings. The molecule has 0 aliphatic carbocycles. The van der Waals surface area contributed by atoms with E-state index in [1.807, 2.05) is 0 Å². The maximum atomic E-state index is 10.9. The van der Waals surface area contributed by atoms with Gasteiger partial charge in [-0.3, -0.25) is 4.79 Å². The number of aromatic nitrogens is 2. The minimum atomic E-state index is -1.32. The highest BCUT2D eigenvalue weighted by Gasteiger charge is 1.96. The number of carbonyl (C=O) groups is 1. The Morgan fingerprint density at radius 2 is 2.33 bits per heavy atom. The van der Waals surface area contributed by atoms with Crippen molar-refractivity contribution >= 4 is 5.97 Å². The van der Waals surface area contributed by atoms with Gasteiger partial charge in [0, 0.05) is 6.07 Å². The fraction of sp³-hybridized carbons (Fsp3) is 0.286. The molecule has 0 saturated carbocycles. The van der Waals surface area contributed by atoms with Gasteiger partial charge in [0.15, 0.2) is 0 Å². The zero-order valence-corrected chi connectivity index (χ0v) is 6.48. The van der Waals surface area contributed by atoms with Crippen molar-refractivity contribution in [2.45, 2.75) is 13.5 Å². The summed E-state index contributed by atoms with van der Waals surface area (Å²) in [7, 11) is 0. The van der Waals surface area contributed by atoms with Crippen LogP contribution in [0.1, 0.15) is 5.69 Å². The lowest BCUT2D eigenvalue weighted by molar-refractivity contribution is -0.306. The van der Waals surface area contributed by atoms with Crippen molar-refractivity contribution in [2.24, 2.45) is 0 Å². The third-order valence-corrected chi connectivity index (χ3v) is 1.28. The molecule has 5 nitrogen and oxygen atoms in total. The van der Waals surface area contributed by atoms with E-state index < -0.39 is 18.1 Å². The lowest BCUT2D eigenvalue weighted by atomic mass is 10.4. The summed E-state index contributed by atoms with van der Waals surface area (Å²) in [5, 5.41) is 13.8. The van der Waals surface area contributed by atoms with Crippen molar-refractivity contribution in [1.82, 2.24) is 9.78 Å². The fourth-order valence-electron chi connectivity index (χ4n) is 0.787. The molecule has 0 N–H and O–H groups in total. The Bertz CT molecular complexity index is 356. The molecule has 0 radical (unpaired) electrons. The highest BCUT2D eigenvalue weighted by molar-refractivity contribution is 5.63. The average molecular weight is 167 g/mol. The molecule has 12 heavy (non-hydrogen) atoms. The summed E-state index contributed by atoms with van der Waals surface area (Å²) >= 11 is 0. The molecule has 0 unspecified atom stereocenters. The van der Waals surface area contributed by atoms with Crippen LogP contribution in [0.15, 0.2) is 16.9 Å². The van der Waals surface area contributed by atoms with Gasteiger partial charge in [0.2, 0.25) is 0 Å². The molecule has 64 valence electrons. The lowest BCUT2D eigenvalue weighted by Gasteiger charge is -2.04. The molecule has 0 bridgehead atoms. The van der Waals surface area contributed by atoms with Crippen LogP contribution < -0.4 is 10.7 Å². The SMILES string of the molecule is Cc1ccc(=O)n(CC(=O)[O-])n1. The zero-order valence-electron chi connectivity index (χ0n) is 6.48. The van der Waals surface area contributed by atoms with Gasteiger partial charge in [0.05, 0.1) is 18.2 Å². The summed E-state index contributed by atoms with van der Waals surface area (Å²) in [4.78, 5) is 21.0. The highest BCUT2D eigenvalue weighted by atomic mass is 16.4. The number of carboxylic acids is 1. The minimum Gasteiger partial charge on any atom is -0.548 e. The standard InChI is InChI=1S/C7H8N2O3/c1-5-2-3-6(10)9(8-5)4-7(11)12/h2-3H,4H2,1H3,(H,11,12)/p-1. The van der Waals surface area contributed by atoms with Crippen LogP contribution in [0.2, 0.25) is 0 Å². The normalized spacial score (nSPS) is 9.75. The van der Waals surface area contributed by atoms with Gasteiger partial charge >= 0.3 is 0 Å². The van der Waals surface area contributed by atoms with Crippen LogP contribution in [-0.4, -0.2) is 15.7 Å². The van der Waals surface area contributed by atoms with E-state index in [4.69, 9.17) is 0 Å². The third-order valence-electron chi connectivity index (χ3n) is 1.28. The molecular formula is C7H7N2O3-. The van der Waals surface area contributed by atoms with Crippen molar-refractivity contribution < 1.29 is 9.90 Å². The van der Waals surface area contributed by atoms with E-state index in [0.717, 1.165) is 4.68 Å². The Kier molecular flexibility index (Phi) is 2.23. The van der Waals surface area contributed by atoms with Gasteiger partial charge in [0.25, 0.3) is 5.56 Å². The first-order valence-electron chi connectivity index (χ1n) is 3.34. The van der Waals surface area contributed by atoms with Crippen molar-refractivity contribution in [1.29, 1.82) is 0 Å². The van der Waals surface area contributed by atoms with E-state index in [2.05, 4.69) is 5.10 Å². The maximum absolute atomic E-state index is 10.9. The number of aryl methyl sites for hydroxylation is 1. The van der Waals surface area contributed by atoms with Crippen LogP contribution in [0, 0.1) is 6.92 Å². The van der Waals surface area contributed by atoms with Crippen molar-refractivity contribution in [3.8, 4) is 0 Å². The van der Waals surface area contributed by atoms with E-state index in [0.29, 0.717) is 5.69 Å². The Hall–Kier alpha value is -1.65. The van der Waals surface area contributed by atoms with Gasteiger partial charge in [-0.15, -0.1) is 0 Å². The first-order chi connectivity index (χ1) is 5.59. The van der Waals surface area contributed by atoms with E-state index in [9.17, 15) is 14.7 Å². The molecule has 5 heteroatoms. The predicted molar refractivity (Wildman–Crippen MR) is 38.2 cm³/mol. The number of hydrogen-bond donors (Lipinski definition) is 0. The fourth-order valence-corrected chi connectivity index (χ4v) is 0.787. The Labute approximate surface area is 68.3 Å². The number of hydrogen-bond acceptors (Lipinski definition) is 4. The first-order valence-corrected chi connectivity index (χ1v) is 3.34. The number of aliphatic carboxylic acids is 1. The summed E-state index contributed by atoms with van der Waals surface area (Å²) < 4.78 is 0.852. The first kappa shape index (κ1) is 8.45. The van der Waals surface area contributed by atoms with E-state index in [-0.39, 0.29) is 0 Å². The van der Waals surface area contributed by atoms with Gasteiger partial charge < -0.3 is 9.90 Å². The molecule has 0 spiro atoms. The zero-order chi connectivity index (χ0) is 9.14. The monoisotopic (exact) mass is 167 g/mol. The van der Waals surface area contributed by atoms with Crippen molar-refractivity contribution in [2.75, 3.05) is 0 Å². The summed E-state index contributed by atoms with van der Waals surface area (Å²) in [5.41, 5.74) is 0.153. The second-order valence-corrected chi connectivity index (χ2v) is 2.34. The summed E-state index contributed by atoms with van der Waals surface area (Å²) in [5.74, 6) is -1.32. The molecular weight excluding hydrogens is 160 g/mol. The second kappa shape index (κ2) is 3.17. The van der Waals surface area contributed by atoms with Gasteiger partial charge in [-0.25, -0.2) is 4.68 Å². The van der Waals surface area contributed by atoms with Gasteiger partial charge in [-0.2, -0.15) is 5.10 Å². The topological polar surface area (TPSA) is 75.0 Å². The molecule has 1 heterocycles. The Morgan fingerprint density at radius 3 is 2.92 bits per heavy atom. The van der Waals surface area contributed by atoms with Crippen LogP contribution in [0.25, 0.3) is 0 Å². The molecule has 0 amide bonds. The van der Waals surface area contributed by atoms with Gasteiger partial charge in [-0.1, -0.05) is 0 Å². The van der Waals surface area contributed by atoms with E-state index in [1.54, 1.807) is 6.92 Å². The second-order valence-electron chi connectivity index (χ2n) is 2.34. The quantitative estimate of drug-likeness (QED) is 0.526. The average Bonchev–Trinajstić information content (AvgIpc) is 1.96. The molecule has 0 atom stereocenters. The predicted octanol–water partition coefficient (Wildman–Crippen LogP) is -1.70. The highest BCUT2D eigenvalue weighted by Crippen LogP contribution is 1.84. The van der Waals surface area contributed by atoms with Crippen LogP contribution in [0.3, 0.4) is 0 Å². The largest absolute Gasteiger partial charge is 0.548 e. The maximum Gasteiger partial charge on any atom is 0.267 e. The third kappa shape index (κ3) is 1.91. The van der Waals surface area contributed by atoms with E-state index in [1.165, 1.54) is 12.1 Å². The molecule has 1 rings (SSSR count). The summed E-state index contributed by atoms with van der Waals surface area (Å²) in [6, 6.07) is 2.79. The smallest absolute Gasteiger partial charge is 0.267 e. The van der Waals surface area contributed by atoms with Crippen molar-refractivity contribution in [3.63, 3.8) is 0 Å². The number of carbonyl (C=O) groups excluding carboxylic acids is 1. The van der Waals surface area contributed by atoms with Crippen LogP contribution >= 0.6 is 0 Å². The summed E-state index contributed by atoms with van der Waals surface area (Å²) in [6.07, 6.45) is 0. The Morgan fingerprint density at radius 1 is 1.67 bits per heavy atom. The molecule has 1 aromatic rings. The number of nitrogens with zero attached hydrogens (tertiary/aromatic N) is 2. The molecule has 1 aromatic heterocycles. The molecule has 0 saturated heterocycles. The van der Waals surface area contributed by atoms with Crippen LogP contribution in [0.5, 0.6) is 0 Å². The number of carboxylic acid groups (broad SMARTS) is 1.